The van der Waals surface area contributed by atoms with Crippen molar-refractivity contribution in [1.29, 1.82) is 0 Å². The highest BCUT2D eigenvalue weighted by Gasteiger charge is 2.38. The SMILES string of the molecule is CCCN(CCC)CCCC(=O)ON1C(=O)c2ccccc2C1=O. The zero-order chi connectivity index (χ0) is 17.5. The number of carbonyl (C=O) groups is 3. The van der Waals surface area contributed by atoms with E-state index in [-0.39, 0.29) is 17.5 Å². The number of rotatable bonds is 9. The summed E-state index contributed by atoms with van der Waals surface area (Å²) in [5.74, 6) is -1.72. The Hall–Kier alpha value is -2.21. The smallest absolute Gasteiger partial charge is 0.330 e. The zero-order valence-electron chi connectivity index (χ0n) is 14.3. The highest BCUT2D eigenvalue weighted by molar-refractivity contribution is 6.20. The molecule has 2 rings (SSSR count). The number of carbonyl (C=O) groups excluding carboxylic acids is 3. The Bertz CT molecular complexity index is 574. The highest BCUT2D eigenvalue weighted by Crippen LogP contribution is 2.22. The van der Waals surface area contributed by atoms with E-state index in [1.54, 1.807) is 24.3 Å². The van der Waals surface area contributed by atoms with Crippen molar-refractivity contribution in [2.75, 3.05) is 19.6 Å². The molecule has 6 nitrogen and oxygen atoms in total. The molecule has 1 aliphatic heterocycles. The third-order valence-corrected chi connectivity index (χ3v) is 3.88. The van der Waals surface area contributed by atoms with E-state index in [0.717, 1.165) is 32.5 Å². The molecule has 0 unspecified atom stereocenters. The molecule has 0 saturated carbocycles. The maximum absolute atomic E-state index is 12.1. The zero-order valence-corrected chi connectivity index (χ0v) is 14.3. The third-order valence-electron chi connectivity index (χ3n) is 3.88. The lowest BCUT2D eigenvalue weighted by Gasteiger charge is -2.20. The van der Waals surface area contributed by atoms with Crippen LogP contribution in [0.3, 0.4) is 0 Å². The molecule has 0 radical (unpaired) electrons. The van der Waals surface area contributed by atoms with E-state index in [0.29, 0.717) is 11.5 Å². The van der Waals surface area contributed by atoms with Crippen LogP contribution < -0.4 is 0 Å². The molecule has 0 aromatic heterocycles. The fourth-order valence-corrected chi connectivity index (χ4v) is 2.81. The van der Waals surface area contributed by atoms with Crippen molar-refractivity contribution >= 4 is 17.8 Å². The molecule has 130 valence electrons. The maximum Gasteiger partial charge on any atom is 0.333 e. The van der Waals surface area contributed by atoms with Gasteiger partial charge in [0.2, 0.25) is 0 Å². The van der Waals surface area contributed by atoms with E-state index >= 15 is 0 Å². The van der Waals surface area contributed by atoms with Gasteiger partial charge in [0.25, 0.3) is 11.8 Å². The molecule has 0 atom stereocenters. The third kappa shape index (κ3) is 4.20. The Morgan fingerprint density at radius 2 is 1.54 bits per heavy atom. The van der Waals surface area contributed by atoms with Crippen LogP contribution in [0, 0.1) is 0 Å². The number of amides is 2. The number of fused-ring (bicyclic) bond motifs is 1. The van der Waals surface area contributed by atoms with Gasteiger partial charge in [-0.2, -0.15) is 0 Å². The minimum absolute atomic E-state index is 0.178. The van der Waals surface area contributed by atoms with Crippen molar-refractivity contribution in [2.45, 2.75) is 39.5 Å². The van der Waals surface area contributed by atoms with Gasteiger partial charge in [0.15, 0.2) is 0 Å². The average molecular weight is 332 g/mol. The molecule has 0 bridgehead atoms. The summed E-state index contributed by atoms with van der Waals surface area (Å²) in [6.07, 6.45) is 2.96. The summed E-state index contributed by atoms with van der Waals surface area (Å²) in [5.41, 5.74) is 0.541. The molecule has 1 aliphatic rings. The molecule has 2 amide bonds. The van der Waals surface area contributed by atoms with Crippen LogP contribution in [0.25, 0.3) is 0 Å². The molecule has 0 fully saturated rings. The minimum atomic E-state index is -0.581. The number of benzene rings is 1. The topological polar surface area (TPSA) is 66.9 Å². The average Bonchev–Trinajstić information content (AvgIpc) is 2.81. The van der Waals surface area contributed by atoms with E-state index in [4.69, 9.17) is 4.84 Å². The molecule has 1 heterocycles. The predicted octanol–water partition coefficient (Wildman–Crippen LogP) is 2.64. The summed E-state index contributed by atoms with van der Waals surface area (Å²) >= 11 is 0. The van der Waals surface area contributed by atoms with Gasteiger partial charge in [-0.05, 0) is 51.0 Å². The van der Waals surface area contributed by atoms with Gasteiger partial charge in [0.05, 0.1) is 11.1 Å². The Kier molecular flexibility index (Phi) is 6.49. The van der Waals surface area contributed by atoms with Gasteiger partial charge in [0, 0.05) is 6.42 Å². The van der Waals surface area contributed by atoms with Crippen LogP contribution in [0.15, 0.2) is 24.3 Å². The Labute approximate surface area is 142 Å². The van der Waals surface area contributed by atoms with Crippen LogP contribution in [-0.2, 0) is 9.63 Å². The minimum Gasteiger partial charge on any atom is -0.330 e. The number of nitrogens with zero attached hydrogens (tertiary/aromatic N) is 2. The van der Waals surface area contributed by atoms with E-state index in [2.05, 4.69) is 18.7 Å². The van der Waals surface area contributed by atoms with Crippen LogP contribution in [0.5, 0.6) is 0 Å². The van der Waals surface area contributed by atoms with Crippen molar-refractivity contribution in [3.63, 3.8) is 0 Å². The van der Waals surface area contributed by atoms with Crippen LogP contribution in [-0.4, -0.2) is 47.4 Å². The van der Waals surface area contributed by atoms with Crippen molar-refractivity contribution in [3.05, 3.63) is 35.4 Å². The quantitative estimate of drug-likeness (QED) is 0.650. The Morgan fingerprint density at radius 3 is 2.04 bits per heavy atom. The van der Waals surface area contributed by atoms with Crippen LogP contribution in [0.4, 0.5) is 0 Å². The first-order chi connectivity index (χ1) is 11.6. The molecule has 0 saturated heterocycles. The van der Waals surface area contributed by atoms with Crippen molar-refractivity contribution in [1.82, 2.24) is 9.96 Å². The highest BCUT2D eigenvalue weighted by atomic mass is 16.7. The molecule has 0 spiro atoms. The Balaban J connectivity index is 1.83. The van der Waals surface area contributed by atoms with Crippen LogP contribution >= 0.6 is 0 Å². The van der Waals surface area contributed by atoms with Crippen LogP contribution in [0.2, 0.25) is 0 Å². The van der Waals surface area contributed by atoms with Gasteiger partial charge in [-0.3, -0.25) is 9.59 Å². The fourth-order valence-electron chi connectivity index (χ4n) is 2.81. The second-order valence-corrected chi connectivity index (χ2v) is 5.86. The van der Waals surface area contributed by atoms with E-state index in [1.165, 1.54) is 0 Å². The van der Waals surface area contributed by atoms with Gasteiger partial charge < -0.3 is 9.74 Å². The number of hydrogen-bond acceptors (Lipinski definition) is 5. The normalized spacial score (nSPS) is 13.5. The summed E-state index contributed by atoms with van der Waals surface area (Å²) in [6, 6.07) is 6.45. The number of hydrogen-bond donors (Lipinski definition) is 0. The summed E-state index contributed by atoms with van der Waals surface area (Å²) < 4.78 is 0. The molecule has 1 aromatic carbocycles. The number of imide groups is 1. The van der Waals surface area contributed by atoms with Gasteiger partial charge in [-0.25, -0.2) is 4.79 Å². The molecular formula is C18H24N2O4. The first kappa shape index (κ1) is 18.1. The van der Waals surface area contributed by atoms with Gasteiger partial charge >= 0.3 is 5.97 Å². The van der Waals surface area contributed by atoms with E-state index < -0.39 is 17.8 Å². The van der Waals surface area contributed by atoms with Crippen molar-refractivity contribution in [3.8, 4) is 0 Å². The largest absolute Gasteiger partial charge is 0.333 e. The van der Waals surface area contributed by atoms with Gasteiger partial charge in [-0.15, -0.1) is 0 Å². The van der Waals surface area contributed by atoms with Gasteiger partial charge in [0.1, 0.15) is 0 Å². The molecule has 0 aliphatic carbocycles. The molecule has 1 aromatic rings. The standard InChI is InChI=1S/C18H24N2O4/c1-3-11-19(12-4-2)13-7-10-16(21)24-20-17(22)14-8-5-6-9-15(14)18(20)23/h5-6,8-9H,3-4,7,10-13H2,1-2H3. The van der Waals surface area contributed by atoms with E-state index in [1.807, 2.05) is 0 Å². The first-order valence-electron chi connectivity index (χ1n) is 8.49. The molecule has 6 heteroatoms. The fraction of sp³-hybridized carbons (Fsp3) is 0.500. The summed E-state index contributed by atoms with van der Waals surface area (Å²) in [7, 11) is 0. The molecule has 24 heavy (non-hydrogen) atoms. The lowest BCUT2D eigenvalue weighted by atomic mass is 10.1. The summed E-state index contributed by atoms with van der Waals surface area (Å²) in [6.45, 7) is 7.06. The second kappa shape index (κ2) is 8.59. The first-order valence-corrected chi connectivity index (χ1v) is 8.49. The van der Waals surface area contributed by atoms with E-state index in [9.17, 15) is 14.4 Å². The summed E-state index contributed by atoms with van der Waals surface area (Å²) in [5, 5.41) is 0.572. The van der Waals surface area contributed by atoms with Gasteiger partial charge in [-0.1, -0.05) is 31.0 Å². The Morgan fingerprint density at radius 1 is 1.00 bits per heavy atom. The predicted molar refractivity (Wildman–Crippen MR) is 89.3 cm³/mol. The van der Waals surface area contributed by atoms with Crippen LogP contribution in [0.1, 0.15) is 60.2 Å². The molecule has 0 N–H and O–H groups in total. The lowest BCUT2D eigenvalue weighted by molar-refractivity contribution is -0.168. The summed E-state index contributed by atoms with van der Waals surface area (Å²) in [4.78, 5) is 43.5. The second-order valence-electron chi connectivity index (χ2n) is 5.86. The maximum atomic E-state index is 12.1. The van der Waals surface area contributed by atoms with Crippen molar-refractivity contribution < 1.29 is 19.2 Å². The lowest BCUT2D eigenvalue weighted by Crippen LogP contribution is -2.33. The molecular weight excluding hydrogens is 308 g/mol. The number of hydroxylamine groups is 2. The van der Waals surface area contributed by atoms with Crippen molar-refractivity contribution in [2.24, 2.45) is 0 Å². The monoisotopic (exact) mass is 332 g/mol.